The number of imidazole rings is 1. The van der Waals surface area contributed by atoms with E-state index in [1.54, 1.807) is 29.2 Å². The fourth-order valence-corrected chi connectivity index (χ4v) is 3.86. The van der Waals surface area contributed by atoms with Crippen molar-refractivity contribution >= 4 is 11.7 Å². The van der Waals surface area contributed by atoms with E-state index in [2.05, 4.69) is 25.0 Å². The maximum Gasteiger partial charge on any atom is 0.257 e. The predicted octanol–water partition coefficient (Wildman–Crippen LogP) is 0.520. The second-order valence-corrected chi connectivity index (χ2v) is 6.64. The van der Waals surface area contributed by atoms with Gasteiger partial charge >= 0.3 is 0 Å². The average Bonchev–Trinajstić information content (AvgIpc) is 3.37. The summed E-state index contributed by atoms with van der Waals surface area (Å²) < 4.78 is 6.98. The van der Waals surface area contributed by atoms with E-state index in [1.165, 1.54) is 0 Å². The maximum absolute atomic E-state index is 12.9. The molecule has 0 radical (unpaired) electrons. The van der Waals surface area contributed by atoms with Gasteiger partial charge in [0.25, 0.3) is 5.91 Å². The van der Waals surface area contributed by atoms with Gasteiger partial charge in [-0.25, -0.2) is 9.97 Å². The Kier molecular flexibility index (Phi) is 3.11. The molecule has 3 aromatic rings. The minimum absolute atomic E-state index is 0.0314. The zero-order chi connectivity index (χ0) is 17.0. The fraction of sp³-hybridized carbons (Fsp3) is 0.438. The minimum Gasteiger partial charge on any atom is -0.338 e. The van der Waals surface area contributed by atoms with Crippen LogP contribution in [0.2, 0.25) is 0 Å². The van der Waals surface area contributed by atoms with Crippen LogP contribution in [0, 0.1) is 6.92 Å². The highest BCUT2D eigenvalue weighted by atomic mass is 16.5. The first-order chi connectivity index (χ1) is 12.2. The van der Waals surface area contributed by atoms with E-state index in [0.717, 1.165) is 19.5 Å². The first-order valence-electron chi connectivity index (χ1n) is 8.30. The highest BCUT2D eigenvalue weighted by Crippen LogP contribution is 2.32. The van der Waals surface area contributed by atoms with Crippen LogP contribution in [-0.2, 0) is 6.54 Å². The number of hydrogen-bond acceptors (Lipinski definition) is 7. The lowest BCUT2D eigenvalue weighted by molar-refractivity contribution is 0.0602. The molecule has 0 aromatic carbocycles. The summed E-state index contributed by atoms with van der Waals surface area (Å²) in [6.07, 6.45) is 7.85. The van der Waals surface area contributed by atoms with Crippen molar-refractivity contribution in [1.29, 1.82) is 0 Å². The Morgan fingerprint density at radius 1 is 1.32 bits per heavy atom. The van der Waals surface area contributed by atoms with Crippen molar-refractivity contribution in [3.63, 3.8) is 0 Å². The van der Waals surface area contributed by atoms with Crippen molar-refractivity contribution in [2.75, 3.05) is 13.1 Å². The Hall–Kier alpha value is -2.81. The van der Waals surface area contributed by atoms with Gasteiger partial charge < -0.3 is 9.42 Å². The highest BCUT2D eigenvalue weighted by Gasteiger charge is 2.45. The quantitative estimate of drug-likeness (QED) is 0.687. The molecule has 2 atom stereocenters. The van der Waals surface area contributed by atoms with Crippen molar-refractivity contribution in [2.24, 2.45) is 0 Å². The Bertz CT molecular complexity index is 949. The van der Waals surface area contributed by atoms with E-state index in [-0.39, 0.29) is 11.9 Å². The number of hydrogen-bond donors (Lipinski definition) is 0. The Morgan fingerprint density at radius 2 is 2.24 bits per heavy atom. The number of aromatic nitrogens is 5. The summed E-state index contributed by atoms with van der Waals surface area (Å²) >= 11 is 0. The highest BCUT2D eigenvalue weighted by molar-refractivity contribution is 5.94. The average molecular weight is 339 g/mol. The summed E-state index contributed by atoms with van der Waals surface area (Å²) in [6.45, 7) is 4.01. The molecule has 5 heterocycles. The minimum atomic E-state index is 0.0314. The summed E-state index contributed by atoms with van der Waals surface area (Å²) in [5, 5.41) is 3.83. The Balaban J connectivity index is 1.30. The number of rotatable bonds is 3. The van der Waals surface area contributed by atoms with E-state index in [1.807, 2.05) is 11.8 Å². The van der Waals surface area contributed by atoms with Gasteiger partial charge in [0.15, 0.2) is 5.82 Å². The molecule has 5 rings (SSSR count). The molecular weight excluding hydrogens is 322 g/mol. The summed E-state index contributed by atoms with van der Waals surface area (Å²) in [5.74, 6) is 1.92. The van der Waals surface area contributed by atoms with Crippen LogP contribution in [0.15, 0.2) is 29.3 Å². The van der Waals surface area contributed by atoms with Crippen molar-refractivity contribution in [3.8, 4) is 0 Å². The van der Waals surface area contributed by atoms with Crippen LogP contribution in [0.3, 0.4) is 0 Å². The third-order valence-electron chi connectivity index (χ3n) is 5.02. The lowest BCUT2D eigenvalue weighted by Gasteiger charge is -2.33. The van der Waals surface area contributed by atoms with Gasteiger partial charge in [-0.3, -0.25) is 14.1 Å². The van der Waals surface area contributed by atoms with Crippen LogP contribution < -0.4 is 0 Å². The molecule has 2 bridgehead atoms. The third kappa shape index (κ3) is 2.39. The molecule has 2 fully saturated rings. The number of amides is 1. The van der Waals surface area contributed by atoms with Crippen molar-refractivity contribution in [3.05, 3.63) is 42.1 Å². The molecule has 2 aliphatic rings. The molecule has 0 spiro atoms. The SMILES string of the molecule is Cc1noc(CN2C[C@@H]3C[C@H]2CN3C(=O)c2cnc3nccn3c2)n1. The zero-order valence-electron chi connectivity index (χ0n) is 13.7. The van der Waals surface area contributed by atoms with E-state index < -0.39 is 0 Å². The van der Waals surface area contributed by atoms with Crippen LogP contribution in [0.4, 0.5) is 0 Å². The molecule has 2 saturated heterocycles. The van der Waals surface area contributed by atoms with Crippen LogP contribution in [-0.4, -0.2) is 65.4 Å². The molecule has 0 unspecified atom stereocenters. The number of fused-ring (bicyclic) bond motifs is 3. The lowest BCUT2D eigenvalue weighted by atomic mass is 10.2. The van der Waals surface area contributed by atoms with Crippen molar-refractivity contribution in [2.45, 2.75) is 32.0 Å². The Labute approximate surface area is 143 Å². The van der Waals surface area contributed by atoms with Gasteiger partial charge in [-0.05, 0) is 13.3 Å². The van der Waals surface area contributed by atoms with Gasteiger partial charge in [-0.15, -0.1) is 0 Å². The monoisotopic (exact) mass is 339 g/mol. The molecule has 9 heteroatoms. The molecule has 9 nitrogen and oxygen atoms in total. The van der Waals surface area contributed by atoms with E-state index >= 15 is 0 Å². The lowest BCUT2D eigenvalue weighted by Crippen LogP contribution is -2.48. The van der Waals surface area contributed by atoms with Gasteiger partial charge in [-0.2, -0.15) is 4.98 Å². The van der Waals surface area contributed by atoms with Gasteiger partial charge in [0.05, 0.1) is 12.1 Å². The molecule has 128 valence electrons. The molecule has 0 saturated carbocycles. The standard InChI is InChI=1S/C16H17N7O2/c1-10-19-14(25-20-10)9-22-7-13-4-12(22)8-23(13)15(24)11-5-18-16-17-2-3-21(16)6-11/h2-3,5-6,12-13H,4,7-9H2,1H3/t12-,13-/m0/s1. The summed E-state index contributed by atoms with van der Waals surface area (Å²) in [4.78, 5) is 29.7. The second-order valence-electron chi connectivity index (χ2n) is 6.64. The molecular formula is C16H17N7O2. The first kappa shape index (κ1) is 14.5. The molecule has 0 N–H and O–H groups in total. The molecule has 2 aliphatic heterocycles. The number of nitrogens with zero attached hydrogens (tertiary/aromatic N) is 7. The topological polar surface area (TPSA) is 92.7 Å². The smallest absolute Gasteiger partial charge is 0.257 e. The maximum atomic E-state index is 12.9. The van der Waals surface area contributed by atoms with Gasteiger partial charge in [0, 0.05) is 50.0 Å². The molecule has 0 aliphatic carbocycles. The fourth-order valence-electron chi connectivity index (χ4n) is 3.86. The summed E-state index contributed by atoms with van der Waals surface area (Å²) in [6, 6.07) is 0.561. The van der Waals surface area contributed by atoms with Crippen molar-refractivity contribution < 1.29 is 9.32 Å². The third-order valence-corrected chi connectivity index (χ3v) is 5.02. The Morgan fingerprint density at radius 3 is 3.00 bits per heavy atom. The van der Waals surface area contributed by atoms with Crippen LogP contribution in [0.1, 0.15) is 28.5 Å². The number of aryl methyl sites for hydroxylation is 1. The molecule has 3 aromatic heterocycles. The van der Waals surface area contributed by atoms with Gasteiger partial charge in [-0.1, -0.05) is 5.16 Å². The zero-order valence-corrected chi connectivity index (χ0v) is 13.7. The summed E-state index contributed by atoms with van der Waals surface area (Å²) in [7, 11) is 0. The number of likely N-dealkylation sites (tertiary alicyclic amines) is 2. The van der Waals surface area contributed by atoms with Crippen LogP contribution in [0.5, 0.6) is 0 Å². The number of piperazine rings is 1. The number of carbonyl (C=O) groups excluding carboxylic acids is 1. The normalized spacial score (nSPS) is 23.0. The van der Waals surface area contributed by atoms with E-state index in [4.69, 9.17) is 4.52 Å². The predicted molar refractivity (Wildman–Crippen MR) is 85.7 cm³/mol. The largest absolute Gasteiger partial charge is 0.338 e. The van der Waals surface area contributed by atoms with Gasteiger partial charge in [0.2, 0.25) is 11.7 Å². The van der Waals surface area contributed by atoms with Crippen LogP contribution in [0.25, 0.3) is 5.78 Å². The second kappa shape index (κ2) is 5.35. The van der Waals surface area contributed by atoms with E-state index in [0.29, 0.717) is 35.6 Å². The van der Waals surface area contributed by atoms with Crippen molar-refractivity contribution in [1.82, 2.24) is 34.3 Å². The molecule has 1 amide bonds. The number of carbonyl (C=O) groups is 1. The van der Waals surface area contributed by atoms with E-state index in [9.17, 15) is 4.79 Å². The molecule has 25 heavy (non-hydrogen) atoms. The van der Waals surface area contributed by atoms with Gasteiger partial charge in [0.1, 0.15) is 0 Å². The first-order valence-corrected chi connectivity index (χ1v) is 8.30. The van der Waals surface area contributed by atoms with Crippen LogP contribution >= 0.6 is 0 Å². The summed E-state index contributed by atoms with van der Waals surface area (Å²) in [5.41, 5.74) is 0.595.